The maximum absolute atomic E-state index is 11.2. The third-order valence-corrected chi connectivity index (χ3v) is 6.62. The predicted molar refractivity (Wildman–Crippen MR) is 121 cm³/mol. The van der Waals surface area contributed by atoms with E-state index in [1.807, 2.05) is 65.8 Å². The number of aliphatic hydroxyl groups excluding tert-OH is 1. The lowest BCUT2D eigenvalue weighted by molar-refractivity contribution is -0.0819. The summed E-state index contributed by atoms with van der Waals surface area (Å²) in [6, 6.07) is 17.9. The molecule has 1 aliphatic heterocycles. The minimum Gasteiger partial charge on any atom is -0.493 e. The summed E-state index contributed by atoms with van der Waals surface area (Å²) in [4.78, 5) is 7.71. The van der Waals surface area contributed by atoms with Crippen LogP contribution in [0.3, 0.4) is 0 Å². The topological polar surface area (TPSA) is 65.8 Å². The van der Waals surface area contributed by atoms with Crippen LogP contribution in [0.2, 0.25) is 0 Å². The maximum Gasteiger partial charge on any atom is 0.119 e. The summed E-state index contributed by atoms with van der Waals surface area (Å²) in [5.74, 6) is 0.817. The predicted octanol–water partition coefficient (Wildman–Crippen LogP) is 4.03. The standard InChI is InChI=1S/C24H28N2O3S/c1-30-21-8-6-20(7-9-21)29-15-10-23(27)26-13-11-24(28,12-14-26)19-16-18-4-2-3-5-22(18)25-17-19/h2-9,16-17,23,27-28H,10-15H2,1H3. The average Bonchev–Trinajstić information content (AvgIpc) is 2.79. The molecule has 1 unspecified atom stereocenters. The first-order chi connectivity index (χ1) is 14.6. The fourth-order valence-corrected chi connectivity index (χ4v) is 4.35. The Kier molecular flexibility index (Phi) is 6.58. The number of hydrogen-bond donors (Lipinski definition) is 2. The summed E-state index contributed by atoms with van der Waals surface area (Å²) in [5.41, 5.74) is 0.885. The van der Waals surface area contributed by atoms with Gasteiger partial charge in [0.25, 0.3) is 0 Å². The number of likely N-dealkylation sites (tertiary alicyclic amines) is 1. The van der Waals surface area contributed by atoms with Gasteiger partial charge < -0.3 is 14.9 Å². The lowest BCUT2D eigenvalue weighted by atomic mass is 9.84. The first-order valence-corrected chi connectivity index (χ1v) is 11.6. The lowest BCUT2D eigenvalue weighted by Crippen LogP contribution is -2.47. The minimum atomic E-state index is -0.900. The normalized spacial score (nSPS) is 17.7. The smallest absolute Gasteiger partial charge is 0.119 e. The number of thioether (sulfide) groups is 1. The molecule has 2 aromatic carbocycles. The van der Waals surface area contributed by atoms with Crippen LogP contribution in [0.25, 0.3) is 10.9 Å². The van der Waals surface area contributed by atoms with Gasteiger partial charge in [0.1, 0.15) is 12.0 Å². The van der Waals surface area contributed by atoms with Crippen molar-refractivity contribution in [2.75, 3.05) is 26.0 Å². The molecule has 1 aliphatic rings. The maximum atomic E-state index is 11.2. The van der Waals surface area contributed by atoms with E-state index in [0.29, 0.717) is 39.0 Å². The van der Waals surface area contributed by atoms with E-state index in [1.54, 1.807) is 18.0 Å². The molecule has 0 radical (unpaired) electrons. The van der Waals surface area contributed by atoms with Crippen molar-refractivity contribution in [3.8, 4) is 5.75 Å². The highest BCUT2D eigenvalue weighted by molar-refractivity contribution is 7.98. The number of rotatable bonds is 7. The third-order valence-electron chi connectivity index (χ3n) is 5.88. The molecule has 2 N–H and O–H groups in total. The Labute approximate surface area is 181 Å². The van der Waals surface area contributed by atoms with Gasteiger partial charge in [-0.2, -0.15) is 0 Å². The van der Waals surface area contributed by atoms with E-state index in [2.05, 4.69) is 4.98 Å². The lowest BCUT2D eigenvalue weighted by Gasteiger charge is -2.40. The molecule has 0 bridgehead atoms. The molecule has 0 aliphatic carbocycles. The molecule has 1 aromatic heterocycles. The summed E-state index contributed by atoms with van der Waals surface area (Å²) in [7, 11) is 0. The van der Waals surface area contributed by atoms with Crippen LogP contribution < -0.4 is 4.74 Å². The van der Waals surface area contributed by atoms with Gasteiger partial charge in [0, 0.05) is 41.6 Å². The number of benzene rings is 2. The molecule has 158 valence electrons. The zero-order valence-electron chi connectivity index (χ0n) is 17.2. The van der Waals surface area contributed by atoms with Crippen molar-refractivity contribution in [3.05, 3.63) is 66.4 Å². The number of hydrogen-bond acceptors (Lipinski definition) is 6. The van der Waals surface area contributed by atoms with Crippen LogP contribution >= 0.6 is 11.8 Å². The number of para-hydroxylation sites is 1. The number of aliphatic hydroxyl groups is 2. The van der Waals surface area contributed by atoms with Gasteiger partial charge in [-0.15, -0.1) is 11.8 Å². The van der Waals surface area contributed by atoms with E-state index in [9.17, 15) is 10.2 Å². The molecule has 2 heterocycles. The van der Waals surface area contributed by atoms with E-state index in [1.165, 1.54) is 4.90 Å². The van der Waals surface area contributed by atoms with E-state index in [-0.39, 0.29) is 0 Å². The third kappa shape index (κ3) is 4.78. The Morgan fingerprint density at radius 2 is 1.87 bits per heavy atom. The molecule has 6 heteroatoms. The van der Waals surface area contributed by atoms with Crippen molar-refractivity contribution < 1.29 is 14.9 Å². The zero-order valence-corrected chi connectivity index (χ0v) is 18.0. The van der Waals surface area contributed by atoms with Crippen molar-refractivity contribution in [2.45, 2.75) is 36.0 Å². The van der Waals surface area contributed by atoms with Crippen LogP contribution in [0.4, 0.5) is 0 Å². The molecule has 3 aromatic rings. The number of nitrogens with zero attached hydrogens (tertiary/aromatic N) is 2. The van der Waals surface area contributed by atoms with E-state index in [4.69, 9.17) is 4.74 Å². The van der Waals surface area contributed by atoms with Crippen LogP contribution in [0, 0.1) is 0 Å². The van der Waals surface area contributed by atoms with Crippen molar-refractivity contribution in [2.24, 2.45) is 0 Å². The number of aromatic nitrogens is 1. The van der Waals surface area contributed by atoms with E-state index >= 15 is 0 Å². The highest BCUT2D eigenvalue weighted by Crippen LogP contribution is 2.34. The molecule has 0 amide bonds. The van der Waals surface area contributed by atoms with Gasteiger partial charge in [-0.05, 0) is 55.5 Å². The molecule has 5 nitrogen and oxygen atoms in total. The van der Waals surface area contributed by atoms with Gasteiger partial charge in [-0.3, -0.25) is 9.88 Å². The molecule has 1 fully saturated rings. The number of fused-ring (bicyclic) bond motifs is 1. The molecule has 0 saturated carbocycles. The minimum absolute atomic E-state index is 0.454. The fourth-order valence-electron chi connectivity index (χ4n) is 3.94. The summed E-state index contributed by atoms with van der Waals surface area (Å²) in [5, 5.41) is 22.8. The summed E-state index contributed by atoms with van der Waals surface area (Å²) in [6.07, 6.45) is 4.92. The summed E-state index contributed by atoms with van der Waals surface area (Å²) in [6.45, 7) is 1.72. The van der Waals surface area contributed by atoms with E-state index in [0.717, 1.165) is 22.2 Å². The average molecular weight is 425 g/mol. The van der Waals surface area contributed by atoms with Crippen LogP contribution in [0.1, 0.15) is 24.8 Å². The number of ether oxygens (including phenoxy) is 1. The SMILES string of the molecule is CSc1ccc(OCCC(O)N2CCC(O)(c3cnc4ccccc4c3)CC2)cc1. The molecule has 1 saturated heterocycles. The van der Waals surface area contributed by atoms with Gasteiger partial charge in [0.15, 0.2) is 0 Å². The van der Waals surface area contributed by atoms with E-state index < -0.39 is 11.8 Å². The monoisotopic (exact) mass is 424 g/mol. The Morgan fingerprint density at radius 1 is 1.13 bits per heavy atom. The van der Waals surface area contributed by atoms with Gasteiger partial charge in [0.2, 0.25) is 0 Å². The molecule has 0 spiro atoms. The van der Waals surface area contributed by atoms with Gasteiger partial charge in [-0.25, -0.2) is 0 Å². The van der Waals surface area contributed by atoms with Crippen LogP contribution in [-0.2, 0) is 5.60 Å². The van der Waals surface area contributed by atoms with Crippen LogP contribution in [0.5, 0.6) is 5.75 Å². The first-order valence-electron chi connectivity index (χ1n) is 10.3. The molecular formula is C24H28N2O3S. The van der Waals surface area contributed by atoms with Gasteiger partial charge >= 0.3 is 0 Å². The second-order valence-electron chi connectivity index (χ2n) is 7.78. The first kappa shape index (κ1) is 21.1. The Hall–Kier alpha value is -2.12. The molecule has 1 atom stereocenters. The van der Waals surface area contributed by atoms with Crippen LogP contribution in [0.15, 0.2) is 65.7 Å². The van der Waals surface area contributed by atoms with Crippen molar-refractivity contribution in [1.29, 1.82) is 0 Å². The summed E-state index contributed by atoms with van der Waals surface area (Å²) < 4.78 is 5.76. The highest BCUT2D eigenvalue weighted by Gasteiger charge is 2.36. The van der Waals surface area contributed by atoms with Crippen LogP contribution in [-0.4, -0.2) is 52.3 Å². The van der Waals surface area contributed by atoms with Crippen molar-refractivity contribution in [3.63, 3.8) is 0 Å². The second kappa shape index (κ2) is 9.35. The fraction of sp³-hybridized carbons (Fsp3) is 0.375. The summed E-state index contributed by atoms with van der Waals surface area (Å²) >= 11 is 1.70. The Morgan fingerprint density at radius 3 is 2.60 bits per heavy atom. The van der Waals surface area contributed by atoms with Crippen molar-refractivity contribution >= 4 is 22.7 Å². The highest BCUT2D eigenvalue weighted by atomic mass is 32.2. The van der Waals surface area contributed by atoms with Gasteiger partial charge in [-0.1, -0.05) is 18.2 Å². The number of piperidine rings is 1. The zero-order chi connectivity index (χ0) is 21.0. The Bertz CT molecular complexity index is 972. The molecular weight excluding hydrogens is 396 g/mol. The van der Waals surface area contributed by atoms with Crippen molar-refractivity contribution in [1.82, 2.24) is 9.88 Å². The molecule has 4 rings (SSSR count). The second-order valence-corrected chi connectivity index (χ2v) is 8.66. The number of pyridine rings is 1. The quantitative estimate of drug-likeness (QED) is 0.559. The van der Waals surface area contributed by atoms with Gasteiger partial charge in [0.05, 0.1) is 17.7 Å². The molecule has 30 heavy (non-hydrogen) atoms. The largest absolute Gasteiger partial charge is 0.493 e. The Balaban J connectivity index is 1.29.